The number of hydrogen-bond donors (Lipinski definition) is 1. The summed E-state index contributed by atoms with van der Waals surface area (Å²) in [5.41, 5.74) is 7.62. The van der Waals surface area contributed by atoms with Crippen LogP contribution in [-0.2, 0) is 5.54 Å². The standard InChI is InChI=1S/C14H15N7O/c15-14(7-1-2-8-14)13-17-12(22-18-13)10-3-5-11(6-4-10)21-9-16-19-20-21/h3-6,9H,1-2,7-8,15H2. The van der Waals surface area contributed by atoms with Gasteiger partial charge in [0.15, 0.2) is 5.82 Å². The molecule has 4 rings (SSSR count). The highest BCUT2D eigenvalue weighted by Gasteiger charge is 2.36. The maximum atomic E-state index is 6.35. The summed E-state index contributed by atoms with van der Waals surface area (Å²) in [6, 6.07) is 7.57. The zero-order chi connectivity index (χ0) is 15.0. The van der Waals surface area contributed by atoms with Crippen molar-refractivity contribution in [2.45, 2.75) is 31.2 Å². The van der Waals surface area contributed by atoms with E-state index >= 15 is 0 Å². The van der Waals surface area contributed by atoms with E-state index in [1.165, 1.54) is 6.33 Å². The van der Waals surface area contributed by atoms with Gasteiger partial charge in [-0.3, -0.25) is 0 Å². The molecule has 0 saturated heterocycles. The third-order valence-corrected chi connectivity index (χ3v) is 4.09. The van der Waals surface area contributed by atoms with Crippen LogP contribution in [0.1, 0.15) is 31.5 Å². The Kier molecular flexibility index (Phi) is 2.97. The minimum absolute atomic E-state index is 0.436. The summed E-state index contributed by atoms with van der Waals surface area (Å²) < 4.78 is 6.95. The van der Waals surface area contributed by atoms with E-state index in [-0.39, 0.29) is 0 Å². The van der Waals surface area contributed by atoms with Crippen molar-refractivity contribution >= 4 is 0 Å². The van der Waals surface area contributed by atoms with Crippen molar-refractivity contribution < 1.29 is 4.52 Å². The number of nitrogens with two attached hydrogens (primary N) is 1. The average Bonchev–Trinajstić information content (AvgIpc) is 3.29. The fraction of sp³-hybridized carbons (Fsp3) is 0.357. The Bertz CT molecular complexity index is 757. The maximum absolute atomic E-state index is 6.35. The molecule has 1 saturated carbocycles. The molecule has 3 aromatic rings. The van der Waals surface area contributed by atoms with Crippen LogP contribution < -0.4 is 5.73 Å². The maximum Gasteiger partial charge on any atom is 0.257 e. The number of nitrogens with zero attached hydrogens (tertiary/aromatic N) is 6. The fourth-order valence-electron chi connectivity index (χ4n) is 2.81. The SMILES string of the molecule is NC1(c2noc(-c3ccc(-n4cnnn4)cc3)n2)CCCC1. The van der Waals surface area contributed by atoms with Gasteiger partial charge in [-0.15, -0.1) is 5.10 Å². The van der Waals surface area contributed by atoms with Gasteiger partial charge >= 0.3 is 0 Å². The van der Waals surface area contributed by atoms with Crippen LogP contribution in [0.25, 0.3) is 17.1 Å². The first-order valence-electron chi connectivity index (χ1n) is 7.21. The lowest BCUT2D eigenvalue weighted by atomic mass is 9.99. The fourth-order valence-corrected chi connectivity index (χ4v) is 2.81. The van der Waals surface area contributed by atoms with E-state index in [0.717, 1.165) is 36.9 Å². The molecule has 0 spiro atoms. The van der Waals surface area contributed by atoms with Crippen LogP contribution in [0.2, 0.25) is 0 Å². The second-order valence-electron chi connectivity index (χ2n) is 5.59. The summed E-state index contributed by atoms with van der Waals surface area (Å²) in [6.45, 7) is 0. The monoisotopic (exact) mass is 297 g/mol. The lowest BCUT2D eigenvalue weighted by molar-refractivity contribution is 0.372. The predicted molar refractivity (Wildman–Crippen MR) is 76.8 cm³/mol. The van der Waals surface area contributed by atoms with Gasteiger partial charge < -0.3 is 10.3 Å². The summed E-state index contributed by atoms with van der Waals surface area (Å²) >= 11 is 0. The van der Waals surface area contributed by atoms with Crippen molar-refractivity contribution in [2.24, 2.45) is 5.73 Å². The number of rotatable bonds is 3. The first-order chi connectivity index (χ1) is 10.7. The molecule has 22 heavy (non-hydrogen) atoms. The molecule has 1 aromatic carbocycles. The van der Waals surface area contributed by atoms with Gasteiger partial charge in [0.25, 0.3) is 5.89 Å². The van der Waals surface area contributed by atoms with Crippen LogP contribution in [0, 0.1) is 0 Å². The minimum atomic E-state index is -0.436. The second kappa shape index (κ2) is 4.99. The molecule has 0 radical (unpaired) electrons. The molecule has 0 bridgehead atoms. The van der Waals surface area contributed by atoms with E-state index in [1.54, 1.807) is 4.68 Å². The van der Waals surface area contributed by atoms with Crippen LogP contribution in [0.15, 0.2) is 35.1 Å². The van der Waals surface area contributed by atoms with Gasteiger partial charge in [-0.25, -0.2) is 4.68 Å². The topological polar surface area (TPSA) is 109 Å². The molecule has 0 unspecified atom stereocenters. The van der Waals surface area contributed by atoms with E-state index in [9.17, 15) is 0 Å². The molecule has 2 heterocycles. The number of hydrogen-bond acceptors (Lipinski definition) is 7. The highest BCUT2D eigenvalue weighted by Crippen LogP contribution is 2.35. The molecule has 2 N–H and O–H groups in total. The van der Waals surface area contributed by atoms with Crippen molar-refractivity contribution in [1.82, 2.24) is 30.3 Å². The number of aromatic nitrogens is 6. The van der Waals surface area contributed by atoms with Crippen molar-refractivity contribution in [3.05, 3.63) is 36.4 Å². The van der Waals surface area contributed by atoms with Crippen LogP contribution in [0.4, 0.5) is 0 Å². The molecular formula is C14H15N7O. The quantitative estimate of drug-likeness (QED) is 0.779. The van der Waals surface area contributed by atoms with Crippen molar-refractivity contribution in [2.75, 3.05) is 0 Å². The van der Waals surface area contributed by atoms with Crippen LogP contribution >= 0.6 is 0 Å². The molecule has 1 fully saturated rings. The van der Waals surface area contributed by atoms with Gasteiger partial charge in [0.05, 0.1) is 11.2 Å². The first kappa shape index (κ1) is 13.1. The molecule has 0 atom stereocenters. The number of benzene rings is 1. The third kappa shape index (κ3) is 2.17. The molecule has 2 aromatic heterocycles. The molecule has 112 valence electrons. The van der Waals surface area contributed by atoms with E-state index in [0.29, 0.717) is 11.7 Å². The summed E-state index contributed by atoms with van der Waals surface area (Å²) in [7, 11) is 0. The zero-order valence-electron chi connectivity index (χ0n) is 11.9. The lowest BCUT2D eigenvalue weighted by Gasteiger charge is -2.17. The Morgan fingerprint density at radius 2 is 1.91 bits per heavy atom. The first-order valence-corrected chi connectivity index (χ1v) is 7.21. The van der Waals surface area contributed by atoms with Gasteiger partial charge in [0.2, 0.25) is 0 Å². The molecule has 1 aliphatic carbocycles. The van der Waals surface area contributed by atoms with Crippen molar-refractivity contribution in [3.63, 3.8) is 0 Å². The zero-order valence-corrected chi connectivity index (χ0v) is 11.9. The summed E-state index contributed by atoms with van der Waals surface area (Å²) in [5, 5.41) is 15.1. The van der Waals surface area contributed by atoms with Gasteiger partial charge in [-0.2, -0.15) is 4.98 Å². The Balaban J connectivity index is 1.61. The van der Waals surface area contributed by atoms with Gasteiger partial charge in [-0.1, -0.05) is 18.0 Å². The van der Waals surface area contributed by atoms with Gasteiger partial charge in [0.1, 0.15) is 6.33 Å². The van der Waals surface area contributed by atoms with Crippen molar-refractivity contribution in [1.29, 1.82) is 0 Å². The van der Waals surface area contributed by atoms with E-state index in [2.05, 4.69) is 25.7 Å². The lowest BCUT2D eigenvalue weighted by Crippen LogP contribution is -2.34. The second-order valence-corrected chi connectivity index (χ2v) is 5.59. The van der Waals surface area contributed by atoms with E-state index < -0.39 is 5.54 Å². The Hall–Kier alpha value is -2.61. The van der Waals surface area contributed by atoms with Gasteiger partial charge in [-0.05, 0) is 47.5 Å². The largest absolute Gasteiger partial charge is 0.334 e. The Morgan fingerprint density at radius 1 is 1.14 bits per heavy atom. The molecule has 1 aliphatic rings. The van der Waals surface area contributed by atoms with E-state index in [1.807, 2.05) is 24.3 Å². The highest BCUT2D eigenvalue weighted by molar-refractivity contribution is 5.55. The third-order valence-electron chi connectivity index (χ3n) is 4.09. The molecule has 0 amide bonds. The predicted octanol–water partition coefficient (Wildman–Crippen LogP) is 1.44. The van der Waals surface area contributed by atoms with Crippen LogP contribution in [0.5, 0.6) is 0 Å². The summed E-state index contributed by atoms with van der Waals surface area (Å²) in [6.07, 6.45) is 5.58. The van der Waals surface area contributed by atoms with Crippen LogP contribution in [-0.4, -0.2) is 30.3 Å². The normalized spacial score (nSPS) is 17.0. The highest BCUT2D eigenvalue weighted by atomic mass is 16.5. The van der Waals surface area contributed by atoms with Crippen molar-refractivity contribution in [3.8, 4) is 17.1 Å². The minimum Gasteiger partial charge on any atom is -0.334 e. The molecule has 8 heteroatoms. The number of tetrazole rings is 1. The van der Waals surface area contributed by atoms with Gasteiger partial charge in [0, 0.05) is 5.56 Å². The van der Waals surface area contributed by atoms with Crippen LogP contribution in [0.3, 0.4) is 0 Å². The summed E-state index contributed by atoms with van der Waals surface area (Å²) in [5.74, 6) is 1.08. The summed E-state index contributed by atoms with van der Waals surface area (Å²) in [4.78, 5) is 4.48. The average molecular weight is 297 g/mol. The van der Waals surface area contributed by atoms with E-state index in [4.69, 9.17) is 10.3 Å². The molecule has 0 aliphatic heterocycles. The Labute approximate surface area is 126 Å². The molecular weight excluding hydrogens is 282 g/mol. The Morgan fingerprint density at radius 3 is 2.59 bits per heavy atom. The molecule has 8 nitrogen and oxygen atoms in total. The smallest absolute Gasteiger partial charge is 0.257 e.